The Balaban J connectivity index is -0.00000123. The molecule has 8 bridgehead atoms. The van der Waals surface area contributed by atoms with Crippen LogP contribution in [0.3, 0.4) is 0 Å². The van der Waals surface area contributed by atoms with Crippen molar-refractivity contribution in [3.05, 3.63) is 0 Å². The monoisotopic (exact) mass is 1660 g/mol. The zero-order valence-corrected chi connectivity index (χ0v) is 87.1. The van der Waals surface area contributed by atoms with Crippen molar-refractivity contribution in [1.82, 2.24) is 0 Å². The lowest BCUT2D eigenvalue weighted by molar-refractivity contribution is -0.0603. The minimum absolute atomic E-state index is 0.140. The molecule has 9 heteroatoms. The highest BCUT2D eigenvalue weighted by molar-refractivity contribution is 5.08. The highest BCUT2D eigenvalue weighted by Gasteiger charge is 2.59. The molecule has 6 aliphatic heterocycles. The largest absolute Gasteiger partial charge is 0.382 e. The van der Waals surface area contributed by atoms with E-state index in [1.807, 2.05) is 138 Å². The number of rotatable bonds is 22. The molecule has 9 aliphatic carbocycles. The van der Waals surface area contributed by atoms with Crippen LogP contribution in [0.2, 0.25) is 0 Å². The van der Waals surface area contributed by atoms with Crippen LogP contribution in [0.5, 0.6) is 0 Å². The lowest BCUT2D eigenvalue weighted by Crippen LogP contribution is -2.38. The fourth-order valence-electron chi connectivity index (χ4n) is 22.2. The summed E-state index contributed by atoms with van der Waals surface area (Å²) in [6.07, 6.45) is 59.2. The van der Waals surface area contributed by atoms with E-state index in [1.165, 1.54) is 205 Å². The second kappa shape index (κ2) is 70.7. The second-order valence-corrected chi connectivity index (χ2v) is 38.2. The van der Waals surface area contributed by atoms with Crippen molar-refractivity contribution in [3.63, 3.8) is 0 Å². The minimum Gasteiger partial charge on any atom is -0.382 e. The van der Waals surface area contributed by atoms with Gasteiger partial charge in [-0.2, -0.15) is 0 Å². The summed E-state index contributed by atoms with van der Waals surface area (Å²) < 4.78 is 49.3. The van der Waals surface area contributed by atoms with Crippen LogP contribution in [-0.2, 0) is 42.6 Å². The fraction of sp³-hybridized carbons (Fsp3) is 1.00. The maximum Gasteiger partial charge on any atom is 0.0781 e. The molecule has 6 saturated heterocycles. The van der Waals surface area contributed by atoms with Crippen LogP contribution in [0.25, 0.3) is 0 Å². The average Bonchev–Trinajstić information content (AvgIpc) is 1.59. The number of hydrogen-bond donors (Lipinski definition) is 0. The van der Waals surface area contributed by atoms with Gasteiger partial charge in [-0.15, -0.1) is 0 Å². The van der Waals surface area contributed by atoms with Crippen LogP contribution in [0, 0.1) is 98.1 Å². The molecule has 0 radical (unpaired) electrons. The van der Waals surface area contributed by atoms with Crippen molar-refractivity contribution in [1.29, 1.82) is 0 Å². The van der Waals surface area contributed by atoms with Gasteiger partial charge in [0.25, 0.3) is 0 Å². The number of fused-ring (bicyclic) bond motifs is 20. The summed E-state index contributed by atoms with van der Waals surface area (Å²) in [5, 5.41) is 0. The lowest BCUT2D eigenvalue weighted by Gasteiger charge is -2.41. The van der Waals surface area contributed by atoms with Crippen molar-refractivity contribution in [2.75, 3.05) is 60.5 Å². The highest BCUT2D eigenvalue weighted by atomic mass is 16.6. The van der Waals surface area contributed by atoms with Gasteiger partial charge in [-0.05, 0) is 267 Å². The highest BCUT2D eigenvalue weighted by Crippen LogP contribution is 2.65. The first kappa shape index (κ1) is 121. The van der Waals surface area contributed by atoms with Gasteiger partial charge in [0.05, 0.1) is 94.6 Å². The average molecular weight is 1660 g/mol. The first-order chi connectivity index (χ1) is 56.4. The lowest BCUT2D eigenvalue weighted by atomic mass is 9.64. The standard InChI is InChI=1S/C15H26.C14H24O.C11H24O3.2C9H14O.C9H18.C8H18O3.C8H16.C7H14.9C2H6/c1-4-15(2,3)14-9-10-8-13(14)12-7-5-6-11(10)12;1-4-14(2,3)11-8-12-9-6-5-7-10(9)13(11)15-12;1-6-9(2)13-8-11(4)14-7-10(3)12-5;2*1-2-6-7(3-1)9-5-4-8(6)10-9;1-3-9(2)7-5-4-6-8-9;1-3-4-10-7-8-11-6-5-9-2;1-3-8(2)6-4-5-7-8;1-7(2)5-3-4-6-7;9*1-2/h10-14H,4-9H2,1-3H3;9-13H,4-8H2,1-3H3;9-11H,6-8H2,1-5H3;2*6-9H,1-5H2;3-8H2,1-2H3;3-8H2,1-2H3;3-7H2,1-2H3;3-6H2,1-2H3;9*1-2H3. The Morgan fingerprint density at radius 3 is 1.05 bits per heavy atom. The molecule has 0 aromatic heterocycles. The maximum atomic E-state index is 6.24. The van der Waals surface area contributed by atoms with E-state index in [0.29, 0.717) is 98.6 Å². The Morgan fingerprint density at radius 1 is 0.333 bits per heavy atom. The van der Waals surface area contributed by atoms with Gasteiger partial charge < -0.3 is 42.6 Å². The number of ether oxygens (including phenoxy) is 9. The molecule has 0 aromatic rings. The third-order valence-electron chi connectivity index (χ3n) is 30.2. The van der Waals surface area contributed by atoms with E-state index in [1.54, 1.807) is 46.3 Å². The molecule has 708 valence electrons. The van der Waals surface area contributed by atoms with E-state index in [4.69, 9.17) is 42.6 Å². The van der Waals surface area contributed by atoms with Gasteiger partial charge in [0, 0.05) is 20.8 Å². The molecule has 15 fully saturated rings. The molecule has 21 atom stereocenters. The molecule has 0 N–H and O–H groups in total. The Bertz CT molecular complexity index is 1980. The Kier molecular flexibility index (Phi) is 73.0. The summed E-state index contributed by atoms with van der Waals surface area (Å²) in [6.45, 7) is 79.9. The van der Waals surface area contributed by atoms with Crippen molar-refractivity contribution in [2.24, 2.45) is 98.1 Å². The first-order valence-electron chi connectivity index (χ1n) is 52.8. The Labute approximate surface area is 738 Å². The quantitative estimate of drug-likeness (QED) is 0.0985. The molecule has 9 saturated carbocycles. The summed E-state index contributed by atoms with van der Waals surface area (Å²) in [5.41, 5.74) is 3.26. The topological polar surface area (TPSA) is 83.1 Å². The molecule has 0 aromatic carbocycles. The third kappa shape index (κ3) is 42.4. The van der Waals surface area contributed by atoms with E-state index in [0.717, 1.165) is 95.4 Å². The predicted octanol–water partition coefficient (Wildman–Crippen LogP) is 33.5. The first-order valence-corrected chi connectivity index (χ1v) is 52.8. The molecule has 0 spiro atoms. The van der Waals surface area contributed by atoms with E-state index >= 15 is 0 Å². The van der Waals surface area contributed by atoms with E-state index in [2.05, 4.69) is 104 Å². The van der Waals surface area contributed by atoms with Crippen LogP contribution in [0.1, 0.15) is 486 Å². The fourth-order valence-corrected chi connectivity index (χ4v) is 22.2. The molecule has 15 rings (SSSR count). The molecule has 21 unspecified atom stereocenters. The molecule has 117 heavy (non-hydrogen) atoms. The van der Waals surface area contributed by atoms with Gasteiger partial charge in [0.15, 0.2) is 0 Å². The van der Waals surface area contributed by atoms with Gasteiger partial charge in [-0.3, -0.25) is 0 Å². The van der Waals surface area contributed by atoms with Crippen molar-refractivity contribution < 1.29 is 42.6 Å². The Hall–Kier alpha value is -0.360. The number of hydrogen-bond acceptors (Lipinski definition) is 9. The van der Waals surface area contributed by atoms with E-state index in [9.17, 15) is 0 Å². The SMILES string of the molecule is C1CC2C3CCC(O3)C2C1.C1CC2C3CCC(O3)C2C1.CC.CC.CC.CC.CC.CC.CC.CC.CC.CC1(C)CCCC1.CCC(C)(C)C1CC2CC1C1CCCC21.CCC(C)(C)C1CC2OC1C1CCCC21.CCC(C)OCC(C)OCC(C)OC.CCC1(C)CCCC1.CCC1(C)CCCCC1.CCCOCCOCCOC. The van der Waals surface area contributed by atoms with Crippen LogP contribution in [0.4, 0.5) is 0 Å². The summed E-state index contributed by atoms with van der Waals surface area (Å²) in [5.74, 6) is 12.3. The smallest absolute Gasteiger partial charge is 0.0781 e. The van der Waals surface area contributed by atoms with Crippen molar-refractivity contribution >= 4 is 0 Å². The molecule has 15 aliphatic rings. The zero-order chi connectivity index (χ0) is 89.8. The summed E-state index contributed by atoms with van der Waals surface area (Å²) in [4.78, 5) is 0. The normalized spacial score (nSPS) is 31.4. The molecule has 9 nitrogen and oxygen atoms in total. The number of methoxy groups -OCH3 is 2. The van der Waals surface area contributed by atoms with Gasteiger partial charge in [0.2, 0.25) is 0 Å². The van der Waals surface area contributed by atoms with Crippen LogP contribution in [-0.4, -0.2) is 115 Å². The predicted molar refractivity (Wildman–Crippen MR) is 518 cm³/mol. The van der Waals surface area contributed by atoms with Crippen LogP contribution in [0.15, 0.2) is 0 Å². The summed E-state index contributed by atoms with van der Waals surface area (Å²) in [6, 6.07) is 0. The van der Waals surface area contributed by atoms with Crippen molar-refractivity contribution in [3.8, 4) is 0 Å². The second-order valence-electron chi connectivity index (χ2n) is 38.2. The zero-order valence-electron chi connectivity index (χ0n) is 87.1. The van der Waals surface area contributed by atoms with E-state index < -0.39 is 0 Å². The molecule has 0 amide bonds. The van der Waals surface area contributed by atoms with Crippen LogP contribution < -0.4 is 0 Å². The van der Waals surface area contributed by atoms with Gasteiger partial charge in [-0.1, -0.05) is 318 Å². The minimum atomic E-state index is 0.140. The van der Waals surface area contributed by atoms with Gasteiger partial charge in [-0.25, -0.2) is 0 Å². The van der Waals surface area contributed by atoms with Crippen molar-refractivity contribution in [2.45, 2.75) is 541 Å². The Morgan fingerprint density at radius 2 is 0.684 bits per heavy atom. The van der Waals surface area contributed by atoms with Gasteiger partial charge >= 0.3 is 0 Å². The molecular weight excluding hydrogens is 1440 g/mol. The summed E-state index contributed by atoms with van der Waals surface area (Å²) in [7, 11) is 3.35. The molecular formula is C108H222O9. The maximum absolute atomic E-state index is 6.24. The summed E-state index contributed by atoms with van der Waals surface area (Å²) >= 11 is 0. The van der Waals surface area contributed by atoms with E-state index in [-0.39, 0.29) is 12.2 Å². The third-order valence-corrected chi connectivity index (χ3v) is 30.2. The molecule has 6 heterocycles. The van der Waals surface area contributed by atoms with Gasteiger partial charge in [0.1, 0.15) is 0 Å². The van der Waals surface area contributed by atoms with Crippen LogP contribution >= 0.6 is 0 Å².